The van der Waals surface area contributed by atoms with Crippen LogP contribution in [-0.4, -0.2) is 38.2 Å². The molecule has 0 aliphatic heterocycles. The molecule has 8 heteroatoms. The van der Waals surface area contributed by atoms with Crippen LogP contribution in [0.25, 0.3) is 21.9 Å². The molecule has 0 aliphatic rings. The Labute approximate surface area is 148 Å². The molecule has 134 valence electrons. The van der Waals surface area contributed by atoms with E-state index >= 15 is 0 Å². The van der Waals surface area contributed by atoms with Crippen molar-refractivity contribution >= 4 is 39.8 Å². The van der Waals surface area contributed by atoms with Crippen molar-refractivity contribution in [3.05, 3.63) is 42.5 Å². The summed E-state index contributed by atoms with van der Waals surface area (Å²) in [5.41, 5.74) is 1.48. The lowest BCUT2D eigenvalue weighted by Gasteiger charge is -2.07. The number of esters is 1. The third-order valence-corrected chi connectivity index (χ3v) is 3.55. The monoisotopic (exact) mass is 356 g/mol. The molecule has 0 fully saturated rings. The van der Waals surface area contributed by atoms with Crippen LogP contribution < -0.4 is 15.4 Å². The number of carbonyl (C=O) groups is 3. The molecule has 2 aromatic carbocycles. The van der Waals surface area contributed by atoms with Crippen molar-refractivity contribution in [2.24, 2.45) is 0 Å². The first-order chi connectivity index (χ1) is 12.6. The Balaban J connectivity index is 1.57. The number of urea groups is 1. The van der Waals surface area contributed by atoms with E-state index < -0.39 is 24.5 Å². The predicted molar refractivity (Wildman–Crippen MR) is 92.8 cm³/mol. The number of amides is 3. The fraction of sp³-hybridized carbons (Fsp3) is 0.167. The Morgan fingerprint density at radius 1 is 1.00 bits per heavy atom. The molecule has 3 aromatic rings. The largest absolute Gasteiger partial charge is 0.482 e. The minimum Gasteiger partial charge on any atom is -0.482 e. The van der Waals surface area contributed by atoms with E-state index in [0.29, 0.717) is 11.3 Å². The van der Waals surface area contributed by atoms with Gasteiger partial charge in [-0.25, -0.2) is 9.59 Å². The van der Waals surface area contributed by atoms with Crippen molar-refractivity contribution in [3.63, 3.8) is 0 Å². The molecule has 1 heterocycles. The van der Waals surface area contributed by atoms with Crippen LogP contribution in [0, 0.1) is 0 Å². The molecule has 0 aliphatic carbocycles. The fourth-order valence-electron chi connectivity index (χ4n) is 2.35. The molecule has 0 unspecified atom stereocenters. The number of hydrogen-bond acceptors (Lipinski definition) is 6. The number of para-hydroxylation sites is 1. The summed E-state index contributed by atoms with van der Waals surface area (Å²) in [5, 5.41) is 6.00. The zero-order valence-electron chi connectivity index (χ0n) is 13.9. The van der Waals surface area contributed by atoms with Gasteiger partial charge >= 0.3 is 12.0 Å². The molecule has 3 rings (SSSR count). The average Bonchev–Trinajstić information content (AvgIpc) is 3.02. The Hall–Kier alpha value is -3.55. The summed E-state index contributed by atoms with van der Waals surface area (Å²) in [4.78, 5) is 33.9. The molecular formula is C18H16N2O6. The van der Waals surface area contributed by atoms with Gasteiger partial charge in [-0.1, -0.05) is 18.2 Å². The van der Waals surface area contributed by atoms with Crippen LogP contribution in [0.3, 0.4) is 0 Å². The molecule has 8 nitrogen and oxygen atoms in total. The third kappa shape index (κ3) is 3.92. The molecule has 0 radical (unpaired) electrons. The average molecular weight is 356 g/mol. The van der Waals surface area contributed by atoms with E-state index in [1.54, 1.807) is 18.2 Å². The summed E-state index contributed by atoms with van der Waals surface area (Å²) in [6.45, 7) is -0.935. The normalized spacial score (nSPS) is 10.5. The van der Waals surface area contributed by atoms with Gasteiger partial charge in [0.2, 0.25) is 0 Å². The summed E-state index contributed by atoms with van der Waals surface area (Å²) >= 11 is 0. The van der Waals surface area contributed by atoms with Crippen molar-refractivity contribution in [2.45, 2.75) is 0 Å². The minimum absolute atomic E-state index is 0.367. The standard InChI is InChI=1S/C18H16N2O6/c1-19-18(23)20-16(21)9-25-17(22)10-24-11-6-7-15-13(8-11)12-4-2-3-5-14(12)26-15/h2-8H,9-10H2,1H3,(H2,19,20,21,23). The summed E-state index contributed by atoms with van der Waals surface area (Å²) in [5.74, 6) is -0.992. The van der Waals surface area contributed by atoms with Crippen LogP contribution in [0.2, 0.25) is 0 Å². The van der Waals surface area contributed by atoms with E-state index in [1.165, 1.54) is 7.05 Å². The molecule has 3 amide bonds. The molecule has 2 N–H and O–H groups in total. The molecule has 0 saturated heterocycles. The quantitative estimate of drug-likeness (QED) is 0.677. The van der Waals surface area contributed by atoms with E-state index in [1.807, 2.05) is 29.6 Å². The smallest absolute Gasteiger partial charge is 0.344 e. The Kier molecular flexibility index (Phi) is 5.02. The number of furan rings is 1. The van der Waals surface area contributed by atoms with Gasteiger partial charge in [0.05, 0.1) is 0 Å². The number of benzene rings is 2. The van der Waals surface area contributed by atoms with E-state index in [2.05, 4.69) is 5.32 Å². The lowest BCUT2D eigenvalue weighted by atomic mass is 10.1. The Morgan fingerprint density at radius 2 is 1.77 bits per heavy atom. The first-order valence-electron chi connectivity index (χ1n) is 7.78. The Bertz CT molecular complexity index is 978. The summed E-state index contributed by atoms with van der Waals surface area (Å²) in [7, 11) is 1.36. The van der Waals surface area contributed by atoms with Crippen LogP contribution >= 0.6 is 0 Å². The zero-order valence-corrected chi connectivity index (χ0v) is 13.9. The fourth-order valence-corrected chi connectivity index (χ4v) is 2.35. The number of hydrogen-bond donors (Lipinski definition) is 2. The first-order valence-corrected chi connectivity index (χ1v) is 7.78. The van der Waals surface area contributed by atoms with Gasteiger partial charge in [-0.3, -0.25) is 10.1 Å². The highest BCUT2D eigenvalue weighted by Crippen LogP contribution is 2.31. The van der Waals surface area contributed by atoms with Crippen molar-refractivity contribution in [1.82, 2.24) is 10.6 Å². The summed E-state index contributed by atoms with van der Waals surface area (Å²) in [6, 6.07) is 12.1. The number of imide groups is 1. The van der Waals surface area contributed by atoms with Crippen LogP contribution in [0.5, 0.6) is 5.75 Å². The number of ether oxygens (including phenoxy) is 2. The van der Waals surface area contributed by atoms with Crippen molar-refractivity contribution < 1.29 is 28.3 Å². The molecule has 26 heavy (non-hydrogen) atoms. The molecule has 0 saturated carbocycles. The molecule has 0 spiro atoms. The van der Waals surface area contributed by atoms with Gasteiger partial charge in [-0.15, -0.1) is 0 Å². The second kappa shape index (κ2) is 7.56. The number of rotatable bonds is 5. The van der Waals surface area contributed by atoms with E-state index in [0.717, 1.165) is 16.4 Å². The lowest BCUT2D eigenvalue weighted by Crippen LogP contribution is -2.40. The van der Waals surface area contributed by atoms with E-state index in [4.69, 9.17) is 13.9 Å². The van der Waals surface area contributed by atoms with Gasteiger partial charge in [0, 0.05) is 17.8 Å². The van der Waals surface area contributed by atoms with Crippen molar-refractivity contribution in [2.75, 3.05) is 20.3 Å². The lowest BCUT2D eigenvalue weighted by molar-refractivity contribution is -0.150. The maximum atomic E-state index is 11.7. The maximum absolute atomic E-state index is 11.7. The van der Waals surface area contributed by atoms with Gasteiger partial charge in [-0.2, -0.15) is 0 Å². The van der Waals surface area contributed by atoms with Crippen LogP contribution in [0.4, 0.5) is 4.79 Å². The van der Waals surface area contributed by atoms with Gasteiger partial charge in [0.25, 0.3) is 5.91 Å². The second-order valence-corrected chi connectivity index (χ2v) is 5.33. The molecular weight excluding hydrogens is 340 g/mol. The summed E-state index contributed by atoms with van der Waals surface area (Å²) < 4.78 is 15.9. The number of carbonyl (C=O) groups excluding carboxylic acids is 3. The first kappa shape index (κ1) is 17.3. The zero-order chi connectivity index (χ0) is 18.5. The SMILES string of the molecule is CNC(=O)NC(=O)COC(=O)COc1ccc2oc3ccccc3c2c1. The summed E-state index contributed by atoms with van der Waals surface area (Å²) in [6.07, 6.45) is 0. The second-order valence-electron chi connectivity index (χ2n) is 5.33. The van der Waals surface area contributed by atoms with Crippen LogP contribution in [0.15, 0.2) is 46.9 Å². The number of nitrogens with one attached hydrogen (secondary N) is 2. The van der Waals surface area contributed by atoms with Gasteiger partial charge in [-0.05, 0) is 24.3 Å². The van der Waals surface area contributed by atoms with E-state index in [9.17, 15) is 14.4 Å². The molecule has 0 atom stereocenters. The number of fused-ring (bicyclic) bond motifs is 3. The van der Waals surface area contributed by atoms with Gasteiger partial charge < -0.3 is 19.2 Å². The highest BCUT2D eigenvalue weighted by Gasteiger charge is 2.12. The third-order valence-electron chi connectivity index (χ3n) is 3.55. The van der Waals surface area contributed by atoms with Gasteiger partial charge in [0.1, 0.15) is 16.9 Å². The topological polar surface area (TPSA) is 107 Å². The van der Waals surface area contributed by atoms with Crippen molar-refractivity contribution in [1.29, 1.82) is 0 Å². The highest BCUT2D eigenvalue weighted by atomic mass is 16.6. The highest BCUT2D eigenvalue weighted by molar-refractivity contribution is 6.05. The Morgan fingerprint density at radius 3 is 2.58 bits per heavy atom. The molecule has 0 bridgehead atoms. The van der Waals surface area contributed by atoms with Crippen molar-refractivity contribution in [3.8, 4) is 5.75 Å². The van der Waals surface area contributed by atoms with Crippen LogP contribution in [-0.2, 0) is 14.3 Å². The van der Waals surface area contributed by atoms with E-state index in [-0.39, 0.29) is 6.61 Å². The van der Waals surface area contributed by atoms with Crippen LogP contribution in [0.1, 0.15) is 0 Å². The predicted octanol–water partition coefficient (Wildman–Crippen LogP) is 1.96. The minimum atomic E-state index is -0.732. The maximum Gasteiger partial charge on any atom is 0.344 e. The van der Waals surface area contributed by atoms with Gasteiger partial charge in [0.15, 0.2) is 13.2 Å². The molecule has 1 aromatic heterocycles.